The van der Waals surface area contributed by atoms with Gasteiger partial charge >= 0.3 is 11.8 Å². The van der Waals surface area contributed by atoms with Gasteiger partial charge in [-0.25, -0.2) is 12.8 Å². The van der Waals surface area contributed by atoms with Gasteiger partial charge in [-0.1, -0.05) is 6.42 Å². The van der Waals surface area contributed by atoms with Crippen LogP contribution in [0.4, 0.5) is 4.39 Å². The molecule has 0 radical (unpaired) electrons. The molecule has 1 atom stereocenters. The van der Waals surface area contributed by atoms with Gasteiger partial charge in [-0.2, -0.15) is 4.31 Å². The fraction of sp³-hybridized carbons (Fsp3) is 0.429. The molecule has 168 valence electrons. The molecule has 1 aliphatic heterocycles. The molecular weight excluding hydrogens is 425 g/mol. The number of amides is 2. The van der Waals surface area contributed by atoms with E-state index in [9.17, 15) is 22.4 Å². The number of piperidine rings is 1. The van der Waals surface area contributed by atoms with Gasteiger partial charge in [0.2, 0.25) is 10.0 Å². The van der Waals surface area contributed by atoms with E-state index >= 15 is 0 Å². The van der Waals surface area contributed by atoms with Crippen molar-refractivity contribution in [2.24, 2.45) is 0 Å². The van der Waals surface area contributed by atoms with Crippen molar-refractivity contribution < 1.29 is 26.8 Å². The smallest absolute Gasteiger partial charge is 0.309 e. The molecule has 1 aromatic heterocycles. The molecule has 8 nitrogen and oxygen atoms in total. The Morgan fingerprint density at radius 3 is 2.45 bits per heavy atom. The molecule has 1 saturated heterocycles. The minimum atomic E-state index is -3.76. The first-order chi connectivity index (χ1) is 14.9. The fourth-order valence-corrected chi connectivity index (χ4v) is 5.31. The van der Waals surface area contributed by atoms with E-state index in [4.69, 9.17) is 4.42 Å². The van der Waals surface area contributed by atoms with E-state index < -0.39 is 27.7 Å². The van der Waals surface area contributed by atoms with Crippen molar-refractivity contribution in [1.82, 2.24) is 14.9 Å². The Kier molecular flexibility index (Phi) is 7.80. The number of rotatable bonds is 8. The van der Waals surface area contributed by atoms with Crippen LogP contribution in [0.3, 0.4) is 0 Å². The van der Waals surface area contributed by atoms with Gasteiger partial charge in [0.15, 0.2) is 0 Å². The van der Waals surface area contributed by atoms with Crippen LogP contribution < -0.4 is 10.6 Å². The molecule has 0 spiro atoms. The van der Waals surface area contributed by atoms with E-state index in [1.165, 1.54) is 22.7 Å². The summed E-state index contributed by atoms with van der Waals surface area (Å²) in [6.07, 6.45) is 4.67. The summed E-state index contributed by atoms with van der Waals surface area (Å²) in [5.74, 6) is -1.30. The minimum absolute atomic E-state index is 0.0424. The van der Waals surface area contributed by atoms with Crippen molar-refractivity contribution in [2.45, 2.75) is 43.0 Å². The van der Waals surface area contributed by atoms with E-state index in [2.05, 4.69) is 10.6 Å². The summed E-state index contributed by atoms with van der Waals surface area (Å²) in [4.78, 5) is 23.9. The highest BCUT2D eigenvalue weighted by molar-refractivity contribution is 7.89. The van der Waals surface area contributed by atoms with E-state index in [0.29, 0.717) is 31.6 Å². The predicted molar refractivity (Wildman–Crippen MR) is 111 cm³/mol. The van der Waals surface area contributed by atoms with Crippen LogP contribution in [0.25, 0.3) is 0 Å². The van der Waals surface area contributed by atoms with Crippen molar-refractivity contribution in [3.63, 3.8) is 0 Å². The Labute approximate surface area is 180 Å². The summed E-state index contributed by atoms with van der Waals surface area (Å²) >= 11 is 0. The van der Waals surface area contributed by atoms with Gasteiger partial charge in [-0.05, 0) is 55.7 Å². The van der Waals surface area contributed by atoms with Crippen molar-refractivity contribution in [1.29, 1.82) is 0 Å². The summed E-state index contributed by atoms with van der Waals surface area (Å²) < 4.78 is 45.7. The first kappa shape index (κ1) is 23.0. The normalized spacial score (nSPS) is 17.3. The topological polar surface area (TPSA) is 109 Å². The maximum Gasteiger partial charge on any atom is 0.309 e. The summed E-state index contributed by atoms with van der Waals surface area (Å²) in [5.41, 5.74) is 0. The molecule has 3 rings (SSSR count). The predicted octanol–water partition coefficient (Wildman–Crippen LogP) is 1.83. The first-order valence-electron chi connectivity index (χ1n) is 10.2. The van der Waals surface area contributed by atoms with Gasteiger partial charge in [-0.3, -0.25) is 9.59 Å². The third kappa shape index (κ3) is 6.14. The molecule has 0 bridgehead atoms. The molecule has 10 heteroatoms. The zero-order valence-electron chi connectivity index (χ0n) is 17.1. The molecule has 2 heterocycles. The first-order valence-corrected chi connectivity index (χ1v) is 11.7. The molecule has 1 fully saturated rings. The Hall–Kier alpha value is -2.72. The molecule has 2 N–H and O–H groups in total. The van der Waals surface area contributed by atoms with Crippen LogP contribution in [0.5, 0.6) is 0 Å². The van der Waals surface area contributed by atoms with Gasteiger partial charge < -0.3 is 15.1 Å². The maximum atomic E-state index is 13.2. The Morgan fingerprint density at radius 1 is 1.06 bits per heavy atom. The van der Waals surface area contributed by atoms with Gasteiger partial charge in [0.1, 0.15) is 11.6 Å². The minimum Gasteiger partial charge on any atom is -0.469 e. The molecule has 31 heavy (non-hydrogen) atoms. The molecule has 0 unspecified atom stereocenters. The van der Waals surface area contributed by atoms with E-state index in [1.807, 2.05) is 0 Å². The second kappa shape index (κ2) is 10.5. The molecular formula is C21H26FN3O5S. The highest BCUT2D eigenvalue weighted by atomic mass is 32.2. The summed E-state index contributed by atoms with van der Waals surface area (Å²) in [6.45, 7) is 0.808. The summed E-state index contributed by atoms with van der Waals surface area (Å²) in [7, 11) is -3.76. The van der Waals surface area contributed by atoms with E-state index in [-0.39, 0.29) is 24.0 Å². The van der Waals surface area contributed by atoms with Crippen LogP contribution in [0.15, 0.2) is 52.0 Å². The monoisotopic (exact) mass is 451 g/mol. The van der Waals surface area contributed by atoms with Crippen molar-refractivity contribution in [3.05, 3.63) is 54.2 Å². The SMILES string of the molecule is O=C(NCCc1ccco1)C(=O)NCC[C@H]1CCCCN1S(=O)(=O)c1ccc(F)cc1. The number of nitrogens with one attached hydrogen (secondary N) is 2. The Bertz CT molecular complexity index is 977. The zero-order valence-corrected chi connectivity index (χ0v) is 17.9. The number of carbonyl (C=O) groups is 2. The van der Waals surface area contributed by atoms with Crippen molar-refractivity contribution >= 4 is 21.8 Å². The third-order valence-electron chi connectivity index (χ3n) is 5.20. The van der Waals surface area contributed by atoms with Crippen LogP contribution in [-0.2, 0) is 26.0 Å². The number of benzene rings is 1. The molecule has 1 aromatic carbocycles. The number of hydrogen-bond donors (Lipinski definition) is 2. The van der Waals surface area contributed by atoms with E-state index in [1.54, 1.807) is 12.1 Å². The van der Waals surface area contributed by atoms with Crippen LogP contribution in [0.1, 0.15) is 31.4 Å². The molecule has 2 aromatic rings. The molecule has 1 aliphatic rings. The average molecular weight is 452 g/mol. The van der Waals surface area contributed by atoms with Crippen LogP contribution >= 0.6 is 0 Å². The largest absolute Gasteiger partial charge is 0.469 e. The number of hydrogen-bond acceptors (Lipinski definition) is 5. The highest BCUT2D eigenvalue weighted by Gasteiger charge is 2.33. The molecule has 2 amide bonds. The Balaban J connectivity index is 1.49. The summed E-state index contributed by atoms with van der Waals surface area (Å²) in [5, 5.41) is 5.07. The van der Waals surface area contributed by atoms with Crippen LogP contribution in [0, 0.1) is 5.82 Å². The van der Waals surface area contributed by atoms with E-state index in [0.717, 1.165) is 25.0 Å². The van der Waals surface area contributed by atoms with Gasteiger partial charge in [0.05, 0.1) is 11.2 Å². The second-order valence-electron chi connectivity index (χ2n) is 7.35. The number of halogens is 1. The second-order valence-corrected chi connectivity index (χ2v) is 9.24. The van der Waals surface area contributed by atoms with Crippen molar-refractivity contribution in [2.75, 3.05) is 19.6 Å². The van der Waals surface area contributed by atoms with Crippen molar-refractivity contribution in [3.8, 4) is 0 Å². The molecule has 0 saturated carbocycles. The quantitative estimate of drug-likeness (QED) is 0.595. The lowest BCUT2D eigenvalue weighted by Gasteiger charge is -2.34. The van der Waals surface area contributed by atoms with Crippen LogP contribution in [-0.4, -0.2) is 50.2 Å². The standard InChI is InChI=1S/C21H26FN3O5S/c22-16-6-8-19(9-7-16)31(28,29)25-14-2-1-4-17(25)10-12-23-20(26)21(27)24-13-11-18-5-3-15-30-18/h3,5-9,15,17H,1-2,4,10-14H2,(H,23,26)(H,24,27)/t17-/m1/s1. The number of sulfonamides is 1. The number of furan rings is 1. The zero-order chi connectivity index (χ0) is 22.3. The number of carbonyl (C=O) groups excluding carboxylic acids is 2. The maximum absolute atomic E-state index is 13.2. The van der Waals surface area contributed by atoms with Gasteiger partial charge in [-0.15, -0.1) is 0 Å². The lowest BCUT2D eigenvalue weighted by Crippen LogP contribution is -2.46. The van der Waals surface area contributed by atoms with Crippen LogP contribution in [0.2, 0.25) is 0 Å². The fourth-order valence-electron chi connectivity index (χ4n) is 3.59. The van der Waals surface area contributed by atoms with Gasteiger partial charge in [0, 0.05) is 32.1 Å². The lowest BCUT2D eigenvalue weighted by molar-refractivity contribution is -0.139. The summed E-state index contributed by atoms with van der Waals surface area (Å²) in [6, 6.07) is 7.98. The Morgan fingerprint density at radius 2 is 1.77 bits per heavy atom. The number of nitrogens with zero attached hydrogens (tertiary/aromatic N) is 1. The third-order valence-corrected chi connectivity index (χ3v) is 7.17. The van der Waals surface area contributed by atoms with Gasteiger partial charge in [0.25, 0.3) is 0 Å². The highest BCUT2D eigenvalue weighted by Crippen LogP contribution is 2.27. The lowest BCUT2D eigenvalue weighted by atomic mass is 10.0. The molecule has 0 aliphatic carbocycles. The average Bonchev–Trinajstić information content (AvgIpc) is 3.27.